The van der Waals surface area contributed by atoms with Gasteiger partial charge in [0.25, 0.3) is 0 Å². The maximum Gasteiger partial charge on any atom is 0.220 e. The van der Waals surface area contributed by atoms with Gasteiger partial charge in [0, 0.05) is 6.42 Å². The van der Waals surface area contributed by atoms with Gasteiger partial charge in [0.15, 0.2) is 6.29 Å². The molecule has 476 valence electrons. The van der Waals surface area contributed by atoms with Crippen LogP contribution in [-0.2, 0) is 14.3 Å². The average Bonchev–Trinajstić information content (AvgIpc) is 3.52. The highest BCUT2D eigenvalue weighted by molar-refractivity contribution is 5.76. The summed E-state index contributed by atoms with van der Waals surface area (Å²) in [7, 11) is 0. The SMILES string of the molecule is CC/C=C\C/C=C\C/C=C\C/C=C\CCCCCCCCCCCCCCCCCCCCCCCCCCCCC(=O)NC(COC1OC(CO)C(O)C(O)C1O)C(O)/C=C/CC/C=C/CC/C=C/CCCCCCCCCCCC. The van der Waals surface area contributed by atoms with E-state index in [-0.39, 0.29) is 12.5 Å². The Morgan fingerprint density at radius 2 is 0.768 bits per heavy atom. The number of unbranched alkanes of at least 4 members (excludes halogenated alkanes) is 38. The van der Waals surface area contributed by atoms with Crippen LogP contribution in [0.1, 0.15) is 316 Å². The number of allylic oxidation sites excluding steroid dienone is 13. The first-order valence-electron chi connectivity index (χ1n) is 34.8. The van der Waals surface area contributed by atoms with Crippen molar-refractivity contribution in [3.63, 3.8) is 0 Å². The van der Waals surface area contributed by atoms with Crippen LogP contribution in [0.5, 0.6) is 0 Å². The van der Waals surface area contributed by atoms with Crippen molar-refractivity contribution in [3.05, 3.63) is 85.1 Å². The van der Waals surface area contributed by atoms with Crippen LogP contribution in [0.15, 0.2) is 85.1 Å². The number of hydrogen-bond donors (Lipinski definition) is 6. The van der Waals surface area contributed by atoms with Crippen LogP contribution in [-0.4, -0.2) is 87.5 Å². The second-order valence-corrected chi connectivity index (χ2v) is 23.9. The molecule has 9 heteroatoms. The van der Waals surface area contributed by atoms with Crippen LogP contribution in [0.3, 0.4) is 0 Å². The Hall–Kier alpha value is -2.63. The van der Waals surface area contributed by atoms with Gasteiger partial charge >= 0.3 is 0 Å². The van der Waals surface area contributed by atoms with Crippen molar-refractivity contribution < 1.29 is 39.8 Å². The lowest BCUT2D eigenvalue weighted by Crippen LogP contribution is -2.60. The number of carbonyl (C=O) groups excluding carboxylic acids is 1. The second kappa shape index (κ2) is 61.5. The first-order valence-corrected chi connectivity index (χ1v) is 34.8. The summed E-state index contributed by atoms with van der Waals surface area (Å²) in [6.45, 7) is 3.67. The fourth-order valence-electron chi connectivity index (χ4n) is 10.8. The molecule has 0 aromatic rings. The van der Waals surface area contributed by atoms with Gasteiger partial charge in [0.1, 0.15) is 24.4 Å². The molecule has 1 aliphatic heterocycles. The van der Waals surface area contributed by atoms with E-state index in [1.807, 2.05) is 6.08 Å². The molecule has 7 atom stereocenters. The molecule has 1 amide bonds. The van der Waals surface area contributed by atoms with E-state index in [0.29, 0.717) is 6.42 Å². The first-order chi connectivity index (χ1) is 40.3. The van der Waals surface area contributed by atoms with Gasteiger partial charge in [-0.05, 0) is 83.5 Å². The standard InChI is InChI=1S/C73H131NO8/c1-3-5-7-9-11-13-15-17-19-21-23-25-26-27-28-29-30-31-32-33-34-35-36-37-38-39-40-41-42-43-45-47-49-51-53-55-57-59-61-63-69(77)74-66(65-81-73-72(80)71(79)70(78)68(64-75)82-73)67(76)62-60-58-56-54-52-50-48-46-44-24-22-20-18-16-14-12-10-8-6-4-2/h5,7,11,13,17,19,23,25,44,46,52,54,60,62,66-68,70-73,75-76,78-80H,3-4,6,8-10,12,14-16,18,20-22,24,26-43,45,47-51,53,55-59,61,63-65H2,1-2H3,(H,74,77)/b7-5-,13-11-,19-17-,25-23-,46-44+,54-52+,62-60+. The van der Waals surface area contributed by atoms with Gasteiger partial charge in [-0.2, -0.15) is 0 Å². The van der Waals surface area contributed by atoms with E-state index in [4.69, 9.17) is 9.47 Å². The molecule has 6 N–H and O–H groups in total. The molecule has 1 heterocycles. The Bertz CT molecular complexity index is 1570. The Morgan fingerprint density at radius 3 is 1.17 bits per heavy atom. The van der Waals surface area contributed by atoms with E-state index in [1.165, 1.54) is 225 Å². The molecule has 7 unspecified atom stereocenters. The van der Waals surface area contributed by atoms with Crippen molar-refractivity contribution in [2.75, 3.05) is 13.2 Å². The zero-order chi connectivity index (χ0) is 59.3. The van der Waals surface area contributed by atoms with E-state index in [0.717, 1.165) is 70.6 Å². The second-order valence-electron chi connectivity index (χ2n) is 23.9. The van der Waals surface area contributed by atoms with Crippen molar-refractivity contribution in [3.8, 4) is 0 Å². The number of ether oxygens (including phenoxy) is 2. The highest BCUT2D eigenvalue weighted by Crippen LogP contribution is 2.23. The smallest absolute Gasteiger partial charge is 0.220 e. The minimum absolute atomic E-state index is 0.187. The fourth-order valence-corrected chi connectivity index (χ4v) is 10.8. The van der Waals surface area contributed by atoms with Crippen LogP contribution in [0.2, 0.25) is 0 Å². The van der Waals surface area contributed by atoms with Crippen LogP contribution in [0.25, 0.3) is 0 Å². The Morgan fingerprint density at radius 1 is 0.427 bits per heavy atom. The third-order valence-electron chi connectivity index (χ3n) is 16.2. The molecule has 0 saturated carbocycles. The van der Waals surface area contributed by atoms with Gasteiger partial charge in [-0.3, -0.25) is 4.79 Å². The van der Waals surface area contributed by atoms with Gasteiger partial charge < -0.3 is 40.3 Å². The number of aliphatic hydroxyl groups is 5. The maximum absolute atomic E-state index is 13.1. The quantitative estimate of drug-likeness (QED) is 0.0261. The number of aliphatic hydroxyl groups excluding tert-OH is 5. The molecule has 1 aliphatic rings. The van der Waals surface area contributed by atoms with Gasteiger partial charge in [-0.25, -0.2) is 0 Å². The third-order valence-corrected chi connectivity index (χ3v) is 16.2. The lowest BCUT2D eigenvalue weighted by Gasteiger charge is -2.40. The largest absolute Gasteiger partial charge is 0.394 e. The van der Waals surface area contributed by atoms with E-state index in [2.05, 4.69) is 92.1 Å². The molecular weight excluding hydrogens is 1020 g/mol. The zero-order valence-electron chi connectivity index (χ0n) is 53.2. The molecular formula is C73H131NO8. The summed E-state index contributed by atoms with van der Waals surface area (Å²) in [6.07, 6.45) is 81.3. The van der Waals surface area contributed by atoms with Crippen LogP contribution >= 0.6 is 0 Å². The van der Waals surface area contributed by atoms with Crippen LogP contribution < -0.4 is 5.32 Å². The van der Waals surface area contributed by atoms with Crippen molar-refractivity contribution in [1.82, 2.24) is 5.32 Å². The normalized spacial score (nSPS) is 18.8. The molecule has 0 aliphatic carbocycles. The summed E-state index contributed by atoms with van der Waals surface area (Å²) in [5.74, 6) is -0.187. The molecule has 1 saturated heterocycles. The Labute approximate surface area is 505 Å². The summed E-state index contributed by atoms with van der Waals surface area (Å²) < 4.78 is 11.3. The highest BCUT2D eigenvalue weighted by Gasteiger charge is 2.44. The van der Waals surface area contributed by atoms with Gasteiger partial charge in [0.05, 0.1) is 25.4 Å². The van der Waals surface area contributed by atoms with Crippen molar-refractivity contribution in [1.29, 1.82) is 0 Å². The number of amides is 1. The number of nitrogens with one attached hydrogen (secondary N) is 1. The first kappa shape index (κ1) is 77.4. The minimum atomic E-state index is -1.58. The third kappa shape index (κ3) is 49.6. The predicted molar refractivity (Wildman–Crippen MR) is 350 cm³/mol. The molecule has 0 radical (unpaired) electrons. The summed E-state index contributed by atoms with van der Waals surface area (Å²) in [5, 5.41) is 54.6. The zero-order valence-corrected chi connectivity index (χ0v) is 53.2. The van der Waals surface area contributed by atoms with Crippen LogP contribution in [0, 0.1) is 0 Å². The number of rotatable bonds is 60. The molecule has 0 bridgehead atoms. The molecule has 1 fully saturated rings. The summed E-state index contributed by atoms with van der Waals surface area (Å²) >= 11 is 0. The molecule has 0 aromatic carbocycles. The van der Waals surface area contributed by atoms with Gasteiger partial charge in [0.2, 0.25) is 5.91 Å². The van der Waals surface area contributed by atoms with Crippen LogP contribution in [0.4, 0.5) is 0 Å². The molecule has 9 nitrogen and oxygen atoms in total. The van der Waals surface area contributed by atoms with Gasteiger partial charge in [-0.15, -0.1) is 0 Å². The maximum atomic E-state index is 13.1. The van der Waals surface area contributed by atoms with E-state index < -0.39 is 49.5 Å². The predicted octanol–water partition coefficient (Wildman–Crippen LogP) is 18.9. The van der Waals surface area contributed by atoms with Gasteiger partial charge in [-0.1, -0.05) is 311 Å². The molecule has 82 heavy (non-hydrogen) atoms. The topological polar surface area (TPSA) is 149 Å². The highest BCUT2D eigenvalue weighted by atomic mass is 16.7. The Kier molecular flexibility index (Phi) is 58.0. The van der Waals surface area contributed by atoms with Crippen molar-refractivity contribution in [2.45, 2.75) is 358 Å². The summed E-state index contributed by atoms with van der Waals surface area (Å²) in [6, 6.07) is -0.830. The fraction of sp³-hybridized carbons (Fsp3) is 0.795. The number of carbonyl (C=O) groups is 1. The van der Waals surface area contributed by atoms with E-state index in [1.54, 1.807) is 6.08 Å². The van der Waals surface area contributed by atoms with E-state index >= 15 is 0 Å². The summed E-state index contributed by atoms with van der Waals surface area (Å²) in [5.41, 5.74) is 0. The lowest BCUT2D eigenvalue weighted by atomic mass is 9.99. The monoisotopic (exact) mass is 1150 g/mol. The summed E-state index contributed by atoms with van der Waals surface area (Å²) in [4.78, 5) is 13.1. The van der Waals surface area contributed by atoms with Crippen molar-refractivity contribution >= 4 is 5.91 Å². The molecule has 1 rings (SSSR count). The van der Waals surface area contributed by atoms with E-state index in [9.17, 15) is 30.3 Å². The Balaban J connectivity index is 2.09. The average molecular weight is 1150 g/mol. The number of hydrogen-bond acceptors (Lipinski definition) is 8. The minimum Gasteiger partial charge on any atom is -0.394 e. The molecule has 0 aromatic heterocycles. The lowest BCUT2D eigenvalue weighted by molar-refractivity contribution is -0.302. The van der Waals surface area contributed by atoms with Crippen molar-refractivity contribution in [2.24, 2.45) is 0 Å². The molecule has 0 spiro atoms.